The van der Waals surface area contributed by atoms with Crippen molar-refractivity contribution in [3.63, 3.8) is 0 Å². The molecule has 144 valence electrons. The van der Waals surface area contributed by atoms with E-state index in [1.54, 1.807) is 0 Å². The second-order valence-corrected chi connectivity index (χ2v) is 4.15. The molecule has 0 atom stereocenters. The van der Waals surface area contributed by atoms with Crippen LogP contribution in [-0.4, -0.2) is 91.2 Å². The van der Waals surface area contributed by atoms with Gasteiger partial charge in [-0.3, -0.25) is 0 Å². The van der Waals surface area contributed by atoms with E-state index in [0.29, 0.717) is 24.3 Å². The normalized spacial score (nSPS) is 10.4. The molecule has 0 unspecified atom stereocenters. The highest BCUT2D eigenvalue weighted by Crippen LogP contribution is 2.11. The van der Waals surface area contributed by atoms with Crippen molar-refractivity contribution in [2.24, 2.45) is 5.41 Å². The molecule has 0 aliphatic carbocycles. The highest BCUT2D eigenvalue weighted by atomic mass is 16.4. The first-order chi connectivity index (χ1) is 11.5. The molecule has 8 N–H and O–H groups in total. The predicted molar refractivity (Wildman–Crippen MR) is 79.6 cm³/mol. The van der Waals surface area contributed by atoms with E-state index in [0.717, 1.165) is 0 Å². The first kappa shape index (κ1) is 27.1. The average Bonchev–Trinajstić information content (AvgIpc) is 2.55. The summed E-state index contributed by atoms with van der Waals surface area (Å²) in [5, 5.41) is 65.2. The molecule has 0 rings (SSSR count). The van der Waals surface area contributed by atoms with Crippen molar-refractivity contribution in [3.8, 4) is 0 Å². The summed E-state index contributed by atoms with van der Waals surface area (Å²) in [7, 11) is 0. The maximum Gasteiger partial charge on any atom is 0.328 e. The summed E-state index contributed by atoms with van der Waals surface area (Å²) in [4.78, 5) is 38.2. The Labute approximate surface area is 141 Å². The summed E-state index contributed by atoms with van der Waals surface area (Å²) >= 11 is 0. The van der Waals surface area contributed by atoms with Crippen LogP contribution in [0.5, 0.6) is 0 Å². The van der Waals surface area contributed by atoms with Crippen LogP contribution < -0.4 is 0 Å². The fourth-order valence-electron chi connectivity index (χ4n) is 0.585. The van der Waals surface area contributed by atoms with Crippen LogP contribution in [0.15, 0.2) is 24.3 Å². The fourth-order valence-corrected chi connectivity index (χ4v) is 0.585. The number of carbonyl (C=O) groups is 4. The van der Waals surface area contributed by atoms with E-state index in [1.165, 1.54) is 0 Å². The number of aliphatic hydroxyl groups is 4. The van der Waals surface area contributed by atoms with Crippen molar-refractivity contribution in [2.45, 2.75) is 0 Å². The number of hydrogen-bond acceptors (Lipinski definition) is 8. The number of hydrogen-bond donors (Lipinski definition) is 8. The van der Waals surface area contributed by atoms with Crippen molar-refractivity contribution in [1.29, 1.82) is 0 Å². The lowest BCUT2D eigenvalue weighted by Crippen LogP contribution is -2.37. The molecule has 12 nitrogen and oxygen atoms in total. The lowest BCUT2D eigenvalue weighted by molar-refractivity contribution is -0.134. The number of carboxylic acids is 4. The molecule has 0 bridgehead atoms. The Balaban J connectivity index is -0.000000291. The molecular weight excluding hydrogens is 348 g/mol. The summed E-state index contributed by atoms with van der Waals surface area (Å²) in [6, 6.07) is 0. The zero-order valence-electron chi connectivity index (χ0n) is 12.8. The first-order valence-electron chi connectivity index (χ1n) is 6.21. The molecule has 0 spiro atoms. The van der Waals surface area contributed by atoms with E-state index in [1.807, 2.05) is 0 Å². The third kappa shape index (κ3) is 21.2. The van der Waals surface area contributed by atoms with Crippen LogP contribution in [0.25, 0.3) is 0 Å². The van der Waals surface area contributed by atoms with Gasteiger partial charge < -0.3 is 40.9 Å². The smallest absolute Gasteiger partial charge is 0.328 e. The molecule has 0 aliphatic heterocycles. The zero-order chi connectivity index (χ0) is 20.5. The van der Waals surface area contributed by atoms with E-state index in [4.69, 9.17) is 40.9 Å². The Bertz CT molecular complexity index is 392. The van der Waals surface area contributed by atoms with E-state index < -0.39 is 55.7 Å². The molecule has 0 aromatic carbocycles. The molecule has 0 fully saturated rings. The van der Waals surface area contributed by atoms with E-state index >= 15 is 0 Å². The van der Waals surface area contributed by atoms with Gasteiger partial charge in [-0.2, -0.15) is 0 Å². The first-order valence-corrected chi connectivity index (χ1v) is 6.21. The molecule has 0 radical (unpaired) electrons. The van der Waals surface area contributed by atoms with Crippen LogP contribution >= 0.6 is 0 Å². The van der Waals surface area contributed by atoms with Gasteiger partial charge in [0, 0.05) is 24.3 Å². The van der Waals surface area contributed by atoms with Crippen molar-refractivity contribution < 1.29 is 60.0 Å². The van der Waals surface area contributed by atoms with Gasteiger partial charge in [-0.15, -0.1) is 0 Å². The van der Waals surface area contributed by atoms with Crippen molar-refractivity contribution >= 4 is 23.9 Å². The van der Waals surface area contributed by atoms with Crippen LogP contribution in [0, 0.1) is 5.41 Å². The van der Waals surface area contributed by atoms with Gasteiger partial charge in [-0.05, 0) is 0 Å². The van der Waals surface area contributed by atoms with Crippen LogP contribution in [-0.2, 0) is 19.2 Å². The summed E-state index contributed by atoms with van der Waals surface area (Å²) in [6.45, 7) is -1.62. The standard InChI is InChI=1S/C5H12O4.2C4H4O4/c6-1-5(2-7,3-8)4-9;2*5-3(6)1-2-4(7)8/h6-9H,1-4H2;2*1-2H,(H,5,6)(H,7,8)/b;2*2-1-. The quantitative estimate of drug-likeness (QED) is 0.206. The average molecular weight is 368 g/mol. The monoisotopic (exact) mass is 368 g/mol. The molecule has 0 amide bonds. The Kier molecular flexibility index (Phi) is 17.4. The van der Waals surface area contributed by atoms with Gasteiger partial charge >= 0.3 is 23.9 Å². The van der Waals surface area contributed by atoms with Gasteiger partial charge in [-0.1, -0.05) is 0 Å². The topological polar surface area (TPSA) is 230 Å². The van der Waals surface area contributed by atoms with Gasteiger partial charge in [0.2, 0.25) is 0 Å². The Morgan fingerprint density at radius 2 is 0.680 bits per heavy atom. The maximum atomic E-state index is 9.55. The largest absolute Gasteiger partial charge is 0.478 e. The van der Waals surface area contributed by atoms with E-state index in [9.17, 15) is 19.2 Å². The lowest BCUT2D eigenvalue weighted by Gasteiger charge is -2.23. The minimum atomic E-state index is -1.26. The number of rotatable bonds is 8. The third-order valence-corrected chi connectivity index (χ3v) is 2.08. The highest BCUT2D eigenvalue weighted by molar-refractivity contribution is 5.90. The minimum absolute atomic E-state index is 0.406. The molecule has 12 heteroatoms. The SMILES string of the molecule is O=C(O)/C=C\C(=O)O.O=C(O)/C=C\C(=O)O.OCC(CO)(CO)CO. The zero-order valence-corrected chi connectivity index (χ0v) is 12.8. The van der Waals surface area contributed by atoms with Crippen molar-refractivity contribution in [1.82, 2.24) is 0 Å². The summed E-state index contributed by atoms with van der Waals surface area (Å²) in [5.41, 5.74) is -1.11. The number of carboxylic acid groups (broad SMARTS) is 4. The molecule has 0 heterocycles. The molecule has 0 aliphatic rings. The third-order valence-electron chi connectivity index (χ3n) is 2.08. The second-order valence-electron chi connectivity index (χ2n) is 4.15. The van der Waals surface area contributed by atoms with Crippen LogP contribution in [0.1, 0.15) is 0 Å². The second kappa shape index (κ2) is 16.1. The van der Waals surface area contributed by atoms with E-state index in [2.05, 4.69) is 0 Å². The Hall–Kier alpha value is -2.80. The Morgan fingerprint density at radius 1 is 0.520 bits per heavy atom. The van der Waals surface area contributed by atoms with Crippen molar-refractivity contribution in [2.75, 3.05) is 26.4 Å². The Morgan fingerprint density at radius 3 is 0.720 bits per heavy atom. The van der Waals surface area contributed by atoms with Gasteiger partial charge in [-0.25, -0.2) is 19.2 Å². The maximum absolute atomic E-state index is 9.55. The van der Waals surface area contributed by atoms with Gasteiger partial charge in [0.25, 0.3) is 0 Å². The number of aliphatic carboxylic acids is 4. The van der Waals surface area contributed by atoms with E-state index in [-0.39, 0.29) is 0 Å². The van der Waals surface area contributed by atoms with Crippen molar-refractivity contribution in [3.05, 3.63) is 24.3 Å². The van der Waals surface area contributed by atoms with Gasteiger partial charge in [0.15, 0.2) is 0 Å². The molecular formula is C13H20O12. The molecule has 25 heavy (non-hydrogen) atoms. The summed E-state index contributed by atoms with van der Waals surface area (Å²) in [6.07, 6.45) is 2.23. The fraction of sp³-hybridized carbons (Fsp3) is 0.385. The minimum Gasteiger partial charge on any atom is -0.478 e. The summed E-state index contributed by atoms with van der Waals surface area (Å²) in [5.74, 6) is -5.03. The molecule has 0 saturated heterocycles. The van der Waals surface area contributed by atoms with Crippen LogP contribution in [0.3, 0.4) is 0 Å². The predicted octanol–water partition coefficient (Wildman–Crippen LogP) is -2.63. The molecule has 0 aromatic heterocycles. The molecule has 0 saturated carbocycles. The number of aliphatic hydroxyl groups excluding tert-OH is 4. The summed E-state index contributed by atoms with van der Waals surface area (Å²) < 4.78 is 0. The van der Waals surface area contributed by atoms with Crippen LogP contribution in [0.4, 0.5) is 0 Å². The highest BCUT2D eigenvalue weighted by Gasteiger charge is 2.26. The lowest BCUT2D eigenvalue weighted by atomic mass is 9.93. The van der Waals surface area contributed by atoms with Gasteiger partial charge in [0.1, 0.15) is 0 Å². The van der Waals surface area contributed by atoms with Gasteiger partial charge in [0.05, 0.1) is 31.8 Å². The van der Waals surface area contributed by atoms with Crippen LogP contribution in [0.2, 0.25) is 0 Å². The molecule has 0 aromatic rings.